The Balaban J connectivity index is 1.47. The zero-order valence-electron chi connectivity index (χ0n) is 15.3. The third-order valence-corrected chi connectivity index (χ3v) is 6.24. The van der Waals surface area contributed by atoms with Gasteiger partial charge in [-0.3, -0.25) is 0 Å². The largest absolute Gasteiger partial charge is 0.393 e. The number of halogens is 1. The Morgan fingerprint density at radius 1 is 1.22 bits per heavy atom. The number of benzene rings is 1. The molecule has 27 heavy (non-hydrogen) atoms. The molecule has 2 aliphatic carbocycles. The van der Waals surface area contributed by atoms with Gasteiger partial charge in [0.25, 0.3) is 0 Å². The first-order valence-electron chi connectivity index (χ1n) is 9.65. The Bertz CT molecular complexity index is 991. The molecule has 1 saturated carbocycles. The van der Waals surface area contributed by atoms with E-state index in [0.717, 1.165) is 53.7 Å². The minimum Gasteiger partial charge on any atom is -0.393 e. The first-order chi connectivity index (χ1) is 13.1. The highest BCUT2D eigenvalue weighted by atomic mass is 19.1. The molecule has 0 aliphatic heterocycles. The Hall–Kier alpha value is -2.47. The molecular weight excluding hydrogens is 343 g/mol. The molecule has 0 bridgehead atoms. The molecule has 1 fully saturated rings. The summed E-state index contributed by atoms with van der Waals surface area (Å²) in [6.45, 7) is 2.09. The van der Waals surface area contributed by atoms with Crippen LogP contribution in [-0.4, -0.2) is 25.7 Å². The first-order valence-corrected chi connectivity index (χ1v) is 9.65. The van der Waals surface area contributed by atoms with Crippen LogP contribution in [0.3, 0.4) is 0 Å². The fourth-order valence-electron chi connectivity index (χ4n) is 4.73. The minimum atomic E-state index is -0.253. The summed E-state index contributed by atoms with van der Waals surface area (Å²) in [5.74, 6) is 0.967. The van der Waals surface area contributed by atoms with Crippen molar-refractivity contribution in [3.8, 4) is 0 Å². The van der Waals surface area contributed by atoms with E-state index in [1.807, 2.05) is 18.3 Å². The quantitative estimate of drug-likeness (QED) is 0.735. The van der Waals surface area contributed by atoms with Gasteiger partial charge in [0.15, 0.2) is 0 Å². The van der Waals surface area contributed by atoms with E-state index in [9.17, 15) is 9.50 Å². The average Bonchev–Trinajstić information content (AvgIpc) is 3.34. The van der Waals surface area contributed by atoms with Crippen LogP contribution in [0.25, 0.3) is 11.0 Å². The summed E-state index contributed by atoms with van der Waals surface area (Å²) >= 11 is 0. The van der Waals surface area contributed by atoms with Crippen molar-refractivity contribution in [2.45, 2.75) is 50.8 Å². The summed E-state index contributed by atoms with van der Waals surface area (Å²) in [6.07, 6.45) is 6.68. The fraction of sp³-hybridized carbons (Fsp3) is 0.429. The lowest BCUT2D eigenvalue weighted by Gasteiger charge is -2.16. The van der Waals surface area contributed by atoms with Crippen LogP contribution >= 0.6 is 0 Å². The lowest BCUT2D eigenvalue weighted by Crippen LogP contribution is -2.10. The van der Waals surface area contributed by atoms with Crippen LogP contribution in [0.5, 0.6) is 0 Å². The summed E-state index contributed by atoms with van der Waals surface area (Å²) in [4.78, 5) is 8.96. The number of rotatable bonds is 3. The van der Waals surface area contributed by atoms with Gasteiger partial charge in [0.2, 0.25) is 0 Å². The van der Waals surface area contributed by atoms with E-state index in [4.69, 9.17) is 0 Å². The van der Waals surface area contributed by atoms with Crippen LogP contribution in [0.4, 0.5) is 10.2 Å². The number of aliphatic hydroxyl groups is 1. The number of hydrogen-bond donors (Lipinski definition) is 2. The highest BCUT2D eigenvalue weighted by Crippen LogP contribution is 2.39. The maximum atomic E-state index is 14.0. The van der Waals surface area contributed by atoms with Crippen molar-refractivity contribution in [3.05, 3.63) is 53.7 Å². The monoisotopic (exact) mass is 366 g/mol. The van der Waals surface area contributed by atoms with Crippen LogP contribution in [0, 0.1) is 11.7 Å². The summed E-state index contributed by atoms with van der Waals surface area (Å²) in [7, 11) is 0. The SMILES string of the molecule is C[C@H]1C[C@@H](n2ccc3c(N[C@H]4CCc5c(F)cccc54)ncnc32)C[C@@H]1O. The van der Waals surface area contributed by atoms with Gasteiger partial charge in [0.05, 0.1) is 17.5 Å². The van der Waals surface area contributed by atoms with Gasteiger partial charge < -0.3 is 15.0 Å². The molecule has 4 atom stereocenters. The second kappa shape index (κ2) is 6.30. The number of nitrogens with one attached hydrogen (secondary N) is 1. The standard InChI is InChI=1S/C21H23FN4O/c1-12-9-13(10-19(12)27)26-8-7-16-20(23-11-24-21(16)26)25-18-6-5-14-15(18)3-2-4-17(14)22/h2-4,7-8,11-13,18-19,27H,5-6,9-10H2,1H3,(H,23,24,25)/t12-,13+,18-,19-/m0/s1. The van der Waals surface area contributed by atoms with Crippen LogP contribution in [0.1, 0.15) is 49.4 Å². The summed E-state index contributed by atoms with van der Waals surface area (Å²) < 4.78 is 16.2. The molecule has 5 rings (SSSR count). The Morgan fingerprint density at radius 2 is 2.11 bits per heavy atom. The van der Waals surface area contributed by atoms with Gasteiger partial charge in [-0.25, -0.2) is 14.4 Å². The fourth-order valence-corrected chi connectivity index (χ4v) is 4.73. The average molecular weight is 366 g/mol. The number of aromatic nitrogens is 3. The van der Waals surface area contributed by atoms with Crippen molar-refractivity contribution in [2.75, 3.05) is 5.32 Å². The van der Waals surface area contributed by atoms with E-state index in [0.29, 0.717) is 5.92 Å². The second-order valence-corrected chi connectivity index (χ2v) is 7.90. The molecule has 5 nitrogen and oxygen atoms in total. The van der Waals surface area contributed by atoms with Crippen molar-refractivity contribution >= 4 is 16.9 Å². The third-order valence-electron chi connectivity index (χ3n) is 6.24. The van der Waals surface area contributed by atoms with Crippen molar-refractivity contribution in [3.63, 3.8) is 0 Å². The molecule has 140 valence electrons. The Morgan fingerprint density at radius 3 is 2.93 bits per heavy atom. The zero-order chi connectivity index (χ0) is 18.5. The van der Waals surface area contributed by atoms with Crippen LogP contribution in [-0.2, 0) is 6.42 Å². The zero-order valence-corrected chi connectivity index (χ0v) is 15.3. The first kappa shape index (κ1) is 16.7. The van der Waals surface area contributed by atoms with Crippen molar-refractivity contribution in [1.29, 1.82) is 0 Å². The minimum absolute atomic E-state index is 0.0606. The molecule has 6 heteroatoms. The molecule has 0 amide bonds. The van der Waals surface area contributed by atoms with Gasteiger partial charge in [-0.15, -0.1) is 0 Å². The summed E-state index contributed by atoms with van der Waals surface area (Å²) in [5.41, 5.74) is 2.72. The molecule has 1 aromatic carbocycles. The lowest BCUT2D eigenvalue weighted by atomic mass is 10.1. The molecule has 2 aliphatic rings. The molecule has 0 unspecified atom stereocenters. The summed E-state index contributed by atoms with van der Waals surface area (Å²) in [5, 5.41) is 14.6. The third kappa shape index (κ3) is 2.70. The Kier molecular flexibility index (Phi) is 3.90. The van der Waals surface area contributed by atoms with E-state index in [2.05, 4.69) is 26.8 Å². The highest BCUT2D eigenvalue weighted by Gasteiger charge is 2.32. The number of hydrogen-bond acceptors (Lipinski definition) is 4. The van der Waals surface area contributed by atoms with E-state index in [1.54, 1.807) is 12.4 Å². The maximum Gasteiger partial charge on any atom is 0.145 e. The number of fused-ring (bicyclic) bond motifs is 2. The van der Waals surface area contributed by atoms with Gasteiger partial charge in [-0.1, -0.05) is 19.1 Å². The van der Waals surface area contributed by atoms with Gasteiger partial charge in [0, 0.05) is 12.2 Å². The van der Waals surface area contributed by atoms with E-state index >= 15 is 0 Å². The van der Waals surface area contributed by atoms with Gasteiger partial charge in [0.1, 0.15) is 23.6 Å². The molecule has 2 heterocycles. The molecule has 0 saturated heterocycles. The van der Waals surface area contributed by atoms with E-state index in [1.165, 1.54) is 6.07 Å². The van der Waals surface area contributed by atoms with Crippen molar-refractivity contribution in [1.82, 2.24) is 14.5 Å². The smallest absolute Gasteiger partial charge is 0.145 e. The van der Waals surface area contributed by atoms with Gasteiger partial charge in [-0.2, -0.15) is 0 Å². The van der Waals surface area contributed by atoms with Gasteiger partial charge >= 0.3 is 0 Å². The molecule has 3 aromatic rings. The molecule has 2 N–H and O–H groups in total. The topological polar surface area (TPSA) is 63.0 Å². The Labute approximate surface area is 157 Å². The molecule has 2 aromatic heterocycles. The number of aliphatic hydroxyl groups excluding tert-OH is 1. The molecule has 0 spiro atoms. The summed E-state index contributed by atoms with van der Waals surface area (Å²) in [6, 6.07) is 7.65. The number of anilines is 1. The highest BCUT2D eigenvalue weighted by molar-refractivity contribution is 5.87. The maximum absolute atomic E-state index is 14.0. The number of nitrogens with zero attached hydrogens (tertiary/aromatic N) is 3. The lowest BCUT2D eigenvalue weighted by molar-refractivity contribution is 0.139. The predicted octanol–water partition coefficient (Wildman–Crippen LogP) is 4.00. The van der Waals surface area contributed by atoms with Crippen molar-refractivity contribution < 1.29 is 9.50 Å². The van der Waals surface area contributed by atoms with Crippen molar-refractivity contribution in [2.24, 2.45) is 5.92 Å². The van der Waals surface area contributed by atoms with Crippen LogP contribution < -0.4 is 5.32 Å². The second-order valence-electron chi connectivity index (χ2n) is 7.90. The van der Waals surface area contributed by atoms with E-state index in [-0.39, 0.29) is 24.0 Å². The molecule has 0 radical (unpaired) electrons. The van der Waals surface area contributed by atoms with Crippen LogP contribution in [0.2, 0.25) is 0 Å². The van der Waals surface area contributed by atoms with E-state index < -0.39 is 0 Å². The normalized spacial score (nSPS) is 27.2. The van der Waals surface area contributed by atoms with Gasteiger partial charge in [-0.05, 0) is 54.9 Å². The molecular formula is C21H23FN4O. The predicted molar refractivity (Wildman–Crippen MR) is 102 cm³/mol. The van der Waals surface area contributed by atoms with Crippen LogP contribution in [0.15, 0.2) is 36.8 Å².